The molecule has 2 aliphatic heterocycles. The molecule has 3 heterocycles. The number of rotatable bonds is 3. The van der Waals surface area contributed by atoms with Crippen molar-refractivity contribution in [1.82, 2.24) is 14.8 Å². The Bertz CT molecular complexity index is 508. The van der Waals surface area contributed by atoms with E-state index in [0.717, 1.165) is 19.4 Å². The number of aromatic nitrogens is 1. The molecular weight excluding hydrogens is 302 g/mol. The molecule has 2 atom stereocenters. The van der Waals surface area contributed by atoms with Gasteiger partial charge < -0.3 is 19.3 Å². The van der Waals surface area contributed by atoms with Crippen LogP contribution in [0.5, 0.6) is 0 Å². The Morgan fingerprint density at radius 2 is 2.45 bits per heavy atom. The molecule has 2 fully saturated rings. The molecule has 1 amide bonds. The van der Waals surface area contributed by atoms with Crippen molar-refractivity contribution in [2.45, 2.75) is 24.5 Å². The van der Waals surface area contributed by atoms with Crippen LogP contribution in [0.1, 0.15) is 23.3 Å². The summed E-state index contributed by atoms with van der Waals surface area (Å²) < 4.78 is 12.0. The molecule has 0 N–H and O–H groups in total. The van der Waals surface area contributed by atoms with E-state index in [4.69, 9.17) is 9.47 Å². The average molecular weight is 325 g/mol. The summed E-state index contributed by atoms with van der Waals surface area (Å²) in [6.07, 6.45) is 2.17. The van der Waals surface area contributed by atoms with Crippen molar-refractivity contribution in [2.24, 2.45) is 0 Å². The lowest BCUT2D eigenvalue weighted by Crippen LogP contribution is -2.47. The summed E-state index contributed by atoms with van der Waals surface area (Å²) in [5.74, 6) is -0.0224. The van der Waals surface area contributed by atoms with E-state index in [1.165, 1.54) is 11.3 Å². The summed E-state index contributed by atoms with van der Waals surface area (Å²) in [6, 6.07) is 0. The molecule has 1 aromatic heterocycles. The molecular formula is C15H23N3O3S. The largest absolute Gasteiger partial charge is 0.377 e. The maximum Gasteiger partial charge on any atom is 0.273 e. The van der Waals surface area contributed by atoms with Gasteiger partial charge in [-0.1, -0.05) is 0 Å². The van der Waals surface area contributed by atoms with Crippen LogP contribution in [0.4, 0.5) is 0 Å². The Morgan fingerprint density at radius 3 is 3.18 bits per heavy atom. The van der Waals surface area contributed by atoms with Crippen LogP contribution in [0.15, 0.2) is 10.9 Å². The minimum absolute atomic E-state index is 0.0224. The highest BCUT2D eigenvalue weighted by molar-refractivity contribution is 7.07. The van der Waals surface area contributed by atoms with E-state index < -0.39 is 0 Å². The molecule has 6 nitrogen and oxygen atoms in total. The van der Waals surface area contributed by atoms with Gasteiger partial charge >= 0.3 is 0 Å². The van der Waals surface area contributed by atoms with Gasteiger partial charge in [-0.05, 0) is 26.9 Å². The second-order valence-corrected chi connectivity index (χ2v) is 7.10. The van der Waals surface area contributed by atoms with Crippen molar-refractivity contribution in [1.29, 1.82) is 0 Å². The summed E-state index contributed by atoms with van der Waals surface area (Å²) in [5, 5.41) is 1.80. The second-order valence-electron chi connectivity index (χ2n) is 6.38. The fourth-order valence-electron chi connectivity index (χ4n) is 3.21. The zero-order valence-corrected chi connectivity index (χ0v) is 14.0. The second kappa shape index (κ2) is 6.62. The van der Waals surface area contributed by atoms with E-state index in [9.17, 15) is 4.79 Å². The Balaban J connectivity index is 1.69. The highest BCUT2D eigenvalue weighted by atomic mass is 32.1. The summed E-state index contributed by atoms with van der Waals surface area (Å²) in [7, 11) is 4.10. The molecule has 0 aliphatic carbocycles. The van der Waals surface area contributed by atoms with Gasteiger partial charge in [0.25, 0.3) is 5.91 Å². The van der Waals surface area contributed by atoms with E-state index in [1.54, 1.807) is 10.9 Å². The number of ether oxygens (including phenoxy) is 2. The minimum atomic E-state index is -0.358. The molecule has 1 spiro atoms. The number of carbonyl (C=O) groups is 1. The van der Waals surface area contributed by atoms with Crippen LogP contribution in [-0.4, -0.2) is 79.3 Å². The van der Waals surface area contributed by atoms with Gasteiger partial charge in [-0.25, -0.2) is 4.98 Å². The van der Waals surface area contributed by atoms with E-state index in [0.29, 0.717) is 32.0 Å². The van der Waals surface area contributed by atoms with Crippen molar-refractivity contribution >= 4 is 17.2 Å². The van der Waals surface area contributed by atoms with Crippen LogP contribution >= 0.6 is 11.3 Å². The summed E-state index contributed by atoms with van der Waals surface area (Å²) in [4.78, 5) is 20.7. The average Bonchev–Trinajstić information content (AvgIpc) is 3.07. The number of hydrogen-bond donors (Lipinski definition) is 0. The van der Waals surface area contributed by atoms with Crippen LogP contribution in [0.25, 0.3) is 0 Å². The SMILES string of the molecule is CN(C)CC1CCC2(COCCN(C(=O)c3cscn3)C2)O1. The fourth-order valence-corrected chi connectivity index (χ4v) is 3.74. The first-order valence-corrected chi connectivity index (χ1v) is 8.60. The number of thiazole rings is 1. The highest BCUT2D eigenvalue weighted by Crippen LogP contribution is 2.33. The van der Waals surface area contributed by atoms with Gasteiger partial charge in [0, 0.05) is 18.5 Å². The Kier molecular flexibility index (Phi) is 4.77. The van der Waals surface area contributed by atoms with Crippen molar-refractivity contribution < 1.29 is 14.3 Å². The summed E-state index contributed by atoms with van der Waals surface area (Å²) in [5.41, 5.74) is 1.85. The predicted molar refractivity (Wildman–Crippen MR) is 84.2 cm³/mol. The Morgan fingerprint density at radius 1 is 1.59 bits per heavy atom. The molecule has 1 aromatic rings. The molecule has 0 saturated carbocycles. The third-order valence-corrected chi connectivity index (χ3v) is 4.78. The normalized spacial score (nSPS) is 29.2. The topological polar surface area (TPSA) is 54.9 Å². The van der Waals surface area contributed by atoms with Gasteiger partial charge in [0.15, 0.2) is 0 Å². The zero-order chi connectivity index (χ0) is 15.6. The van der Waals surface area contributed by atoms with Gasteiger partial charge in [0.2, 0.25) is 0 Å². The molecule has 2 unspecified atom stereocenters. The maximum absolute atomic E-state index is 12.6. The van der Waals surface area contributed by atoms with Crippen molar-refractivity contribution in [2.75, 3.05) is 46.9 Å². The van der Waals surface area contributed by atoms with Gasteiger partial charge in [-0.2, -0.15) is 0 Å². The number of likely N-dealkylation sites (N-methyl/N-ethyl adjacent to an activating group) is 1. The van der Waals surface area contributed by atoms with Gasteiger partial charge in [-0.15, -0.1) is 11.3 Å². The lowest BCUT2D eigenvalue weighted by molar-refractivity contribution is -0.0878. The summed E-state index contributed by atoms with van der Waals surface area (Å²) in [6.45, 7) is 3.21. The highest BCUT2D eigenvalue weighted by Gasteiger charge is 2.44. The molecule has 0 bridgehead atoms. The zero-order valence-electron chi connectivity index (χ0n) is 13.2. The lowest BCUT2D eigenvalue weighted by atomic mass is 10.00. The van der Waals surface area contributed by atoms with Crippen LogP contribution in [0.2, 0.25) is 0 Å². The van der Waals surface area contributed by atoms with Crippen molar-refractivity contribution in [3.63, 3.8) is 0 Å². The Hall–Kier alpha value is -1.02. The first kappa shape index (κ1) is 15.9. The molecule has 0 radical (unpaired) electrons. The predicted octanol–water partition coefficient (Wildman–Crippen LogP) is 1.09. The van der Waals surface area contributed by atoms with Gasteiger partial charge in [0.05, 0.1) is 31.4 Å². The standard InChI is InChI=1S/C15H23N3O3S/c1-17(2)7-12-3-4-15(21-12)9-18(5-6-20-10-15)14(19)13-8-22-11-16-13/h8,11-12H,3-7,9-10H2,1-2H3. The first-order valence-electron chi connectivity index (χ1n) is 7.66. The third-order valence-electron chi connectivity index (χ3n) is 4.20. The third kappa shape index (κ3) is 3.48. The number of carbonyl (C=O) groups excluding carboxylic acids is 1. The van der Waals surface area contributed by atoms with E-state index >= 15 is 0 Å². The van der Waals surface area contributed by atoms with Crippen LogP contribution in [0, 0.1) is 0 Å². The maximum atomic E-state index is 12.6. The Labute approximate surface area is 135 Å². The van der Waals surface area contributed by atoms with Crippen LogP contribution in [0.3, 0.4) is 0 Å². The molecule has 3 rings (SSSR count). The first-order chi connectivity index (χ1) is 10.6. The monoisotopic (exact) mass is 325 g/mol. The smallest absolute Gasteiger partial charge is 0.273 e. The fraction of sp³-hybridized carbons (Fsp3) is 0.733. The molecule has 122 valence electrons. The van der Waals surface area contributed by atoms with E-state index in [1.807, 2.05) is 4.90 Å². The number of nitrogens with zero attached hydrogens (tertiary/aromatic N) is 3. The lowest BCUT2D eigenvalue weighted by Gasteiger charge is -2.32. The van der Waals surface area contributed by atoms with E-state index in [-0.39, 0.29) is 17.6 Å². The van der Waals surface area contributed by atoms with Crippen molar-refractivity contribution in [3.8, 4) is 0 Å². The van der Waals surface area contributed by atoms with Crippen molar-refractivity contribution in [3.05, 3.63) is 16.6 Å². The molecule has 2 aliphatic rings. The van der Waals surface area contributed by atoms with Gasteiger partial charge in [-0.3, -0.25) is 4.79 Å². The minimum Gasteiger partial charge on any atom is -0.377 e. The van der Waals surface area contributed by atoms with Crippen LogP contribution in [-0.2, 0) is 9.47 Å². The molecule has 22 heavy (non-hydrogen) atoms. The molecule has 2 saturated heterocycles. The molecule has 0 aromatic carbocycles. The number of amides is 1. The van der Waals surface area contributed by atoms with Crippen LogP contribution < -0.4 is 0 Å². The summed E-state index contributed by atoms with van der Waals surface area (Å²) >= 11 is 1.44. The number of hydrogen-bond acceptors (Lipinski definition) is 6. The molecule has 7 heteroatoms. The quantitative estimate of drug-likeness (QED) is 0.833. The van der Waals surface area contributed by atoms with Gasteiger partial charge in [0.1, 0.15) is 11.3 Å². The van der Waals surface area contributed by atoms with E-state index in [2.05, 4.69) is 24.0 Å².